The van der Waals surface area contributed by atoms with Crippen LogP contribution in [0.5, 0.6) is 0 Å². The highest BCUT2D eigenvalue weighted by atomic mass is 35.5. The maximum absolute atomic E-state index is 13.7. The number of aromatic amines is 2. The summed E-state index contributed by atoms with van der Waals surface area (Å²) in [6, 6.07) is 15.8. The van der Waals surface area contributed by atoms with Crippen molar-refractivity contribution in [3.8, 4) is 22.3 Å². The number of carbonyl (C=O) groups excluding carboxylic acids is 4. The second-order valence-corrected chi connectivity index (χ2v) is 21.5. The fourth-order valence-electron chi connectivity index (χ4n) is 12.0. The number of alkyl halides is 1. The SMILES string of the molecule is C[C@@H](Cl)C(=O)N1CCC[C@@H]1C(=O)N1CCC(c2cc3c(-c4c(CN(C)C/C=C/C(=O)N5CCC(CC(=O)N6CCC(c7cc8c(-c9cnn%10ncccc9%10)ccnc8[nH]7)C6)CC5)nn5ncccc45)ccnc3[nH]2)C1. The van der Waals surface area contributed by atoms with E-state index < -0.39 is 11.4 Å². The van der Waals surface area contributed by atoms with Crippen LogP contribution in [-0.4, -0.2) is 169 Å². The van der Waals surface area contributed by atoms with Crippen LogP contribution in [-0.2, 0) is 25.7 Å². The molecule has 8 aromatic rings. The third-order valence-corrected chi connectivity index (χ3v) is 16.2. The van der Waals surface area contributed by atoms with Gasteiger partial charge in [0.2, 0.25) is 23.6 Å². The molecule has 0 aliphatic carbocycles. The number of hydrogen-bond donors (Lipinski definition) is 2. The Hall–Kier alpha value is -7.51. The molecule has 8 aromatic heterocycles. The van der Waals surface area contributed by atoms with E-state index >= 15 is 0 Å². The largest absolute Gasteiger partial charge is 0.343 e. The molecule has 4 fully saturated rings. The third-order valence-electron chi connectivity index (χ3n) is 16.0. The third kappa shape index (κ3) is 9.40. The number of carbonyl (C=O) groups is 4. The Balaban J connectivity index is 0.641. The standard InChI is InChI=1S/C55H60ClN15O4/c1-34(56)54(74)69-22-5-9-48(69)55(75)68-26-16-37(32-68)44-29-41-39(12-20-58-53(41)63-44)51-45(64-71-47(51)8-4-18-60-71)33-65(2)21-6-10-49(72)66-23-13-35(14-24-66)27-50(73)67-25-15-36(31-67)43-28-40-38(11-19-57-52(40)62-43)42-30-61-70-46(42)7-3-17-59-70/h3-4,6-8,10-12,17-20,28-30,34-37,48H,5,9,13-16,21-27,31-33H2,1-2H3,(H,57,62)(H,58,63)/b10-6+/t34-,36?,37?,48-/m1/s1. The van der Waals surface area contributed by atoms with Gasteiger partial charge in [0.1, 0.15) is 22.7 Å². The number of pyridine rings is 2. The van der Waals surface area contributed by atoms with Crippen molar-refractivity contribution in [3.63, 3.8) is 0 Å². The Labute approximate surface area is 437 Å². The summed E-state index contributed by atoms with van der Waals surface area (Å²) in [5.74, 6) is 0.503. The lowest BCUT2D eigenvalue weighted by Crippen LogP contribution is -2.48. The Kier molecular flexibility index (Phi) is 13.1. The van der Waals surface area contributed by atoms with E-state index in [-0.39, 0.29) is 41.4 Å². The first-order valence-electron chi connectivity index (χ1n) is 26.3. The van der Waals surface area contributed by atoms with Gasteiger partial charge in [0.25, 0.3) is 0 Å². The monoisotopic (exact) mass is 1030 g/mol. The molecule has 4 saturated heterocycles. The minimum Gasteiger partial charge on any atom is -0.343 e. The number of fused-ring (bicyclic) bond motifs is 4. The minimum atomic E-state index is -0.665. The minimum absolute atomic E-state index is 0.00370. The molecular formula is C55H60ClN15O4. The Bertz CT molecular complexity index is 3500. The van der Waals surface area contributed by atoms with Gasteiger partial charge in [-0.3, -0.25) is 24.1 Å². The van der Waals surface area contributed by atoms with Crippen molar-refractivity contribution in [2.75, 3.05) is 59.4 Å². The number of H-pyrrole nitrogens is 2. The molecule has 0 saturated carbocycles. The molecule has 2 N–H and O–H groups in total. The van der Waals surface area contributed by atoms with Crippen molar-refractivity contribution >= 4 is 68.3 Å². The van der Waals surface area contributed by atoms with Crippen LogP contribution in [0.1, 0.15) is 80.8 Å². The molecule has 2 unspecified atom stereocenters. The number of nitrogens with one attached hydrogen (secondary N) is 2. The molecule has 4 amide bonds. The molecule has 0 aromatic carbocycles. The highest BCUT2D eigenvalue weighted by Crippen LogP contribution is 2.39. The number of likely N-dealkylation sites (tertiary alicyclic amines) is 4. The van der Waals surface area contributed by atoms with Crippen LogP contribution in [0, 0.1) is 5.92 Å². The first-order chi connectivity index (χ1) is 36.5. The van der Waals surface area contributed by atoms with Gasteiger partial charge in [-0.15, -0.1) is 11.6 Å². The van der Waals surface area contributed by atoms with Gasteiger partial charge in [-0.1, -0.05) is 6.08 Å². The van der Waals surface area contributed by atoms with Gasteiger partial charge in [-0.25, -0.2) is 9.97 Å². The molecular weight excluding hydrogens is 970 g/mol. The smallest absolute Gasteiger partial charge is 0.246 e. The number of likely N-dealkylation sites (N-methyl/N-ethyl adjacent to an activating group) is 1. The van der Waals surface area contributed by atoms with E-state index in [1.54, 1.807) is 45.8 Å². The molecule has 4 atom stereocenters. The van der Waals surface area contributed by atoms with Gasteiger partial charge in [-0.05, 0) is 118 Å². The van der Waals surface area contributed by atoms with Crippen LogP contribution < -0.4 is 0 Å². The topological polar surface area (TPSA) is 202 Å². The van der Waals surface area contributed by atoms with Crippen molar-refractivity contribution in [2.45, 2.75) is 81.7 Å². The van der Waals surface area contributed by atoms with E-state index in [0.717, 1.165) is 111 Å². The van der Waals surface area contributed by atoms with Crippen LogP contribution in [0.3, 0.4) is 0 Å². The number of piperidine rings is 1. The van der Waals surface area contributed by atoms with Crippen LogP contribution in [0.15, 0.2) is 91.7 Å². The molecule has 12 rings (SSSR count). The summed E-state index contributed by atoms with van der Waals surface area (Å²) < 4.78 is 3.30. The zero-order chi connectivity index (χ0) is 51.3. The van der Waals surface area contributed by atoms with Crippen molar-refractivity contribution in [2.24, 2.45) is 5.92 Å². The predicted molar refractivity (Wildman–Crippen MR) is 283 cm³/mol. The van der Waals surface area contributed by atoms with E-state index in [1.807, 2.05) is 76.6 Å². The highest BCUT2D eigenvalue weighted by Gasteiger charge is 2.40. The van der Waals surface area contributed by atoms with Crippen LogP contribution in [0.2, 0.25) is 0 Å². The van der Waals surface area contributed by atoms with E-state index in [2.05, 4.69) is 47.3 Å². The van der Waals surface area contributed by atoms with Crippen LogP contribution in [0.25, 0.3) is 55.4 Å². The average molecular weight is 1030 g/mol. The molecule has 386 valence electrons. The predicted octanol–water partition coefficient (Wildman–Crippen LogP) is 6.43. The fraction of sp³-hybridized carbons (Fsp3) is 0.418. The van der Waals surface area contributed by atoms with Crippen molar-refractivity contribution < 1.29 is 19.2 Å². The van der Waals surface area contributed by atoms with Gasteiger partial charge >= 0.3 is 0 Å². The average Bonchev–Trinajstić information content (AvgIpc) is 4.28. The Morgan fingerprint density at radius 3 is 2.13 bits per heavy atom. The zero-order valence-corrected chi connectivity index (χ0v) is 42.9. The summed E-state index contributed by atoms with van der Waals surface area (Å²) in [4.78, 5) is 79.7. The Morgan fingerprint density at radius 1 is 0.747 bits per heavy atom. The molecule has 12 heterocycles. The molecule has 4 aliphatic heterocycles. The molecule has 0 radical (unpaired) electrons. The van der Waals surface area contributed by atoms with Gasteiger partial charge < -0.3 is 29.6 Å². The molecule has 0 bridgehead atoms. The van der Waals surface area contributed by atoms with Crippen LogP contribution in [0.4, 0.5) is 0 Å². The number of hydrogen-bond acceptors (Lipinski definition) is 11. The van der Waals surface area contributed by atoms with Gasteiger partial charge in [0, 0.05) is 141 Å². The maximum atomic E-state index is 13.7. The Morgan fingerprint density at radius 2 is 1.40 bits per heavy atom. The van der Waals surface area contributed by atoms with Gasteiger partial charge in [0.15, 0.2) is 0 Å². The van der Waals surface area contributed by atoms with Gasteiger partial charge in [-0.2, -0.15) is 29.7 Å². The lowest BCUT2D eigenvalue weighted by atomic mass is 9.93. The lowest BCUT2D eigenvalue weighted by Gasteiger charge is -2.32. The second kappa shape index (κ2) is 20.3. The number of aromatic nitrogens is 10. The molecule has 19 nitrogen and oxygen atoms in total. The first-order valence-corrected chi connectivity index (χ1v) is 26.7. The van der Waals surface area contributed by atoms with E-state index in [0.29, 0.717) is 65.2 Å². The summed E-state index contributed by atoms with van der Waals surface area (Å²) in [5.41, 5.74) is 10.3. The number of halogens is 1. The molecule has 20 heteroatoms. The van der Waals surface area contributed by atoms with Crippen molar-refractivity contribution in [3.05, 3.63) is 109 Å². The summed E-state index contributed by atoms with van der Waals surface area (Å²) in [5, 5.41) is 19.6. The normalized spacial score (nSPS) is 20.1. The molecule has 4 aliphatic rings. The summed E-state index contributed by atoms with van der Waals surface area (Å²) >= 11 is 6.15. The number of amides is 4. The van der Waals surface area contributed by atoms with Crippen LogP contribution >= 0.6 is 11.6 Å². The van der Waals surface area contributed by atoms with E-state index in [4.69, 9.17) is 21.7 Å². The van der Waals surface area contributed by atoms with E-state index in [9.17, 15) is 19.2 Å². The molecule has 0 spiro atoms. The summed E-state index contributed by atoms with van der Waals surface area (Å²) in [6.45, 7) is 7.06. The quantitative estimate of drug-likeness (QED) is 0.0953. The maximum Gasteiger partial charge on any atom is 0.246 e. The van der Waals surface area contributed by atoms with E-state index in [1.165, 1.54) is 0 Å². The summed E-state index contributed by atoms with van der Waals surface area (Å²) in [7, 11) is 2.01. The van der Waals surface area contributed by atoms with Gasteiger partial charge in [0.05, 0.1) is 22.9 Å². The zero-order valence-electron chi connectivity index (χ0n) is 42.2. The second-order valence-electron chi connectivity index (χ2n) is 20.8. The highest BCUT2D eigenvalue weighted by molar-refractivity contribution is 6.30. The summed E-state index contributed by atoms with van der Waals surface area (Å²) in [6.07, 6.45) is 17.7. The lowest BCUT2D eigenvalue weighted by molar-refractivity contribution is -0.142. The molecule has 75 heavy (non-hydrogen) atoms. The number of rotatable bonds is 13. The fourth-order valence-corrected chi connectivity index (χ4v) is 12.2. The van der Waals surface area contributed by atoms with Crippen molar-refractivity contribution in [1.29, 1.82) is 0 Å². The first kappa shape index (κ1) is 48.4. The van der Waals surface area contributed by atoms with Crippen molar-refractivity contribution in [1.82, 2.24) is 74.1 Å². The number of nitrogens with zero attached hydrogens (tertiary/aromatic N) is 13.